The van der Waals surface area contributed by atoms with Gasteiger partial charge in [-0.1, -0.05) is 78.9 Å². The Hall–Kier alpha value is -3.13. The van der Waals surface area contributed by atoms with Crippen molar-refractivity contribution in [2.24, 2.45) is 0 Å². The zero-order valence-electron chi connectivity index (χ0n) is 13.5. The van der Waals surface area contributed by atoms with Crippen molar-refractivity contribution in [3.05, 3.63) is 90.6 Å². The normalized spacial score (nSPS) is 10.7. The number of rotatable bonds is 3. The molecular weight excluding hydrogens is 292 g/mol. The largest absolute Gasteiger partial charge is 0.282 e. The summed E-state index contributed by atoms with van der Waals surface area (Å²) in [5.41, 5.74) is 8.11. The second-order valence-electron chi connectivity index (χ2n) is 5.96. The molecule has 4 aromatic rings. The van der Waals surface area contributed by atoms with Crippen LogP contribution in [0, 0.1) is 6.92 Å². The molecule has 2 heteroatoms. The maximum absolute atomic E-state index is 4.31. The van der Waals surface area contributed by atoms with E-state index in [4.69, 9.17) is 0 Å². The van der Waals surface area contributed by atoms with E-state index in [0.717, 1.165) is 17.0 Å². The van der Waals surface area contributed by atoms with E-state index < -0.39 is 0 Å². The van der Waals surface area contributed by atoms with Crippen molar-refractivity contribution < 1.29 is 0 Å². The molecule has 4 rings (SSSR count). The lowest BCUT2D eigenvalue weighted by Gasteiger charge is -2.06. The van der Waals surface area contributed by atoms with Crippen molar-refractivity contribution in [2.45, 2.75) is 6.92 Å². The van der Waals surface area contributed by atoms with E-state index in [-0.39, 0.29) is 0 Å². The fraction of sp³-hybridized carbons (Fsp3) is 0.0455. The van der Waals surface area contributed by atoms with Crippen LogP contribution in [-0.2, 0) is 0 Å². The molecule has 0 saturated heterocycles. The standard InChI is InChI=1S/C22H18N2/c1-16-15-22(24-23-16)21-13-11-20(12-14-21)19-9-7-18(8-10-19)17-5-3-2-4-6-17/h2-15H,1H3,(H,23,24). The van der Waals surface area contributed by atoms with Crippen LogP contribution in [0.15, 0.2) is 84.9 Å². The molecule has 0 aliphatic carbocycles. The van der Waals surface area contributed by atoms with Gasteiger partial charge in [-0.2, -0.15) is 5.10 Å². The van der Waals surface area contributed by atoms with Crippen LogP contribution in [0.5, 0.6) is 0 Å². The first-order chi connectivity index (χ1) is 11.8. The van der Waals surface area contributed by atoms with E-state index in [1.165, 1.54) is 22.3 Å². The fourth-order valence-corrected chi connectivity index (χ4v) is 2.89. The van der Waals surface area contributed by atoms with Gasteiger partial charge < -0.3 is 0 Å². The number of aromatic nitrogens is 2. The number of hydrogen-bond donors (Lipinski definition) is 1. The van der Waals surface area contributed by atoms with Crippen molar-refractivity contribution in [3.63, 3.8) is 0 Å². The van der Waals surface area contributed by atoms with Crippen LogP contribution in [0.1, 0.15) is 5.69 Å². The first-order valence-corrected chi connectivity index (χ1v) is 8.08. The molecule has 0 aliphatic heterocycles. The summed E-state index contributed by atoms with van der Waals surface area (Å²) in [6, 6.07) is 29.8. The van der Waals surface area contributed by atoms with Crippen molar-refractivity contribution in [2.75, 3.05) is 0 Å². The second-order valence-corrected chi connectivity index (χ2v) is 5.96. The van der Waals surface area contributed by atoms with Gasteiger partial charge in [0.2, 0.25) is 0 Å². The number of nitrogens with zero attached hydrogens (tertiary/aromatic N) is 1. The number of H-pyrrole nitrogens is 1. The Morgan fingerprint density at radius 1 is 0.583 bits per heavy atom. The third-order valence-electron chi connectivity index (χ3n) is 4.21. The van der Waals surface area contributed by atoms with Crippen molar-refractivity contribution in [3.8, 4) is 33.5 Å². The van der Waals surface area contributed by atoms with E-state index in [1.54, 1.807) is 0 Å². The molecule has 116 valence electrons. The van der Waals surface area contributed by atoms with Gasteiger partial charge in [-0.15, -0.1) is 0 Å². The minimum atomic E-state index is 0.985. The van der Waals surface area contributed by atoms with Gasteiger partial charge in [0, 0.05) is 11.3 Å². The topological polar surface area (TPSA) is 28.7 Å². The summed E-state index contributed by atoms with van der Waals surface area (Å²) in [5, 5.41) is 7.29. The summed E-state index contributed by atoms with van der Waals surface area (Å²) in [6.45, 7) is 2.01. The van der Waals surface area contributed by atoms with Gasteiger partial charge in [-0.25, -0.2) is 0 Å². The predicted molar refractivity (Wildman–Crippen MR) is 99.6 cm³/mol. The zero-order chi connectivity index (χ0) is 16.4. The summed E-state index contributed by atoms with van der Waals surface area (Å²) < 4.78 is 0. The Bertz CT molecular complexity index is 933. The molecule has 0 radical (unpaired) electrons. The Balaban J connectivity index is 1.60. The summed E-state index contributed by atoms with van der Waals surface area (Å²) >= 11 is 0. The highest BCUT2D eigenvalue weighted by Crippen LogP contribution is 2.27. The van der Waals surface area contributed by atoms with Gasteiger partial charge in [0.05, 0.1) is 5.69 Å². The van der Waals surface area contributed by atoms with Gasteiger partial charge >= 0.3 is 0 Å². The summed E-state index contributed by atoms with van der Waals surface area (Å²) in [6.07, 6.45) is 0. The molecule has 0 amide bonds. The molecule has 1 aromatic heterocycles. The molecule has 0 saturated carbocycles. The highest BCUT2D eigenvalue weighted by molar-refractivity contribution is 5.72. The van der Waals surface area contributed by atoms with Crippen LogP contribution >= 0.6 is 0 Å². The van der Waals surface area contributed by atoms with Crippen molar-refractivity contribution >= 4 is 0 Å². The molecule has 0 bridgehead atoms. The molecule has 2 nitrogen and oxygen atoms in total. The molecule has 0 fully saturated rings. The monoisotopic (exact) mass is 310 g/mol. The van der Waals surface area contributed by atoms with Gasteiger partial charge in [0.1, 0.15) is 0 Å². The summed E-state index contributed by atoms with van der Waals surface area (Å²) in [7, 11) is 0. The average Bonchev–Trinajstić information content (AvgIpc) is 3.09. The van der Waals surface area contributed by atoms with Crippen LogP contribution in [-0.4, -0.2) is 10.2 Å². The molecular formula is C22H18N2. The molecule has 0 atom stereocenters. The Morgan fingerprint density at radius 3 is 1.50 bits per heavy atom. The molecule has 24 heavy (non-hydrogen) atoms. The van der Waals surface area contributed by atoms with Crippen LogP contribution in [0.2, 0.25) is 0 Å². The average molecular weight is 310 g/mol. The van der Waals surface area contributed by atoms with E-state index in [0.29, 0.717) is 0 Å². The number of aryl methyl sites for hydroxylation is 1. The maximum atomic E-state index is 4.31. The van der Waals surface area contributed by atoms with Crippen LogP contribution in [0.25, 0.3) is 33.5 Å². The lowest BCUT2D eigenvalue weighted by atomic mass is 9.99. The van der Waals surface area contributed by atoms with Gasteiger partial charge in [-0.3, -0.25) is 5.10 Å². The molecule has 0 aliphatic rings. The summed E-state index contributed by atoms with van der Waals surface area (Å²) in [5.74, 6) is 0. The number of nitrogens with one attached hydrogen (secondary N) is 1. The van der Waals surface area contributed by atoms with Crippen LogP contribution < -0.4 is 0 Å². The van der Waals surface area contributed by atoms with Gasteiger partial charge in [0.25, 0.3) is 0 Å². The molecule has 0 spiro atoms. The molecule has 1 heterocycles. The third-order valence-corrected chi connectivity index (χ3v) is 4.21. The van der Waals surface area contributed by atoms with E-state index in [9.17, 15) is 0 Å². The Labute approximate surface area is 141 Å². The highest BCUT2D eigenvalue weighted by Gasteiger charge is 2.04. The van der Waals surface area contributed by atoms with Crippen molar-refractivity contribution in [1.29, 1.82) is 0 Å². The molecule has 3 aromatic carbocycles. The first-order valence-electron chi connectivity index (χ1n) is 8.08. The van der Waals surface area contributed by atoms with Crippen molar-refractivity contribution in [1.82, 2.24) is 10.2 Å². The Morgan fingerprint density at radius 2 is 1.04 bits per heavy atom. The number of hydrogen-bond acceptors (Lipinski definition) is 1. The minimum Gasteiger partial charge on any atom is -0.282 e. The second kappa shape index (κ2) is 6.17. The highest BCUT2D eigenvalue weighted by atomic mass is 15.1. The fourth-order valence-electron chi connectivity index (χ4n) is 2.89. The molecule has 1 N–H and O–H groups in total. The SMILES string of the molecule is Cc1cc(-c2ccc(-c3ccc(-c4ccccc4)cc3)cc2)n[nH]1. The Kier molecular flexibility index (Phi) is 3.72. The molecule has 0 unspecified atom stereocenters. The first kappa shape index (κ1) is 14.5. The third kappa shape index (κ3) is 2.86. The van der Waals surface area contributed by atoms with E-state index >= 15 is 0 Å². The lowest BCUT2D eigenvalue weighted by Crippen LogP contribution is -1.82. The zero-order valence-corrected chi connectivity index (χ0v) is 13.5. The quantitative estimate of drug-likeness (QED) is 0.515. The number of benzene rings is 3. The number of aromatic amines is 1. The maximum Gasteiger partial charge on any atom is 0.0923 e. The smallest absolute Gasteiger partial charge is 0.0923 e. The minimum absolute atomic E-state index is 0.985. The van der Waals surface area contributed by atoms with Gasteiger partial charge in [-0.05, 0) is 35.2 Å². The van der Waals surface area contributed by atoms with E-state index in [2.05, 4.69) is 89.1 Å². The predicted octanol–water partition coefficient (Wildman–Crippen LogP) is 5.72. The van der Waals surface area contributed by atoms with E-state index in [1.807, 2.05) is 13.0 Å². The van der Waals surface area contributed by atoms with Crippen LogP contribution in [0.4, 0.5) is 0 Å². The van der Waals surface area contributed by atoms with Crippen LogP contribution in [0.3, 0.4) is 0 Å². The summed E-state index contributed by atoms with van der Waals surface area (Å²) in [4.78, 5) is 0. The van der Waals surface area contributed by atoms with Gasteiger partial charge in [0.15, 0.2) is 0 Å². The lowest BCUT2D eigenvalue weighted by molar-refractivity contribution is 1.05.